The average molecular weight is 512 g/mol. The summed E-state index contributed by atoms with van der Waals surface area (Å²) in [4.78, 5) is 7.02. The van der Waals surface area contributed by atoms with E-state index in [2.05, 4.69) is 28.8 Å². The minimum absolute atomic E-state index is 0.0108. The fourth-order valence-electron chi connectivity index (χ4n) is 5.21. The van der Waals surface area contributed by atoms with E-state index in [0.717, 1.165) is 50.1 Å². The lowest BCUT2D eigenvalue weighted by molar-refractivity contribution is -0.0797. The summed E-state index contributed by atoms with van der Waals surface area (Å²) in [6.07, 6.45) is 2.42. The van der Waals surface area contributed by atoms with Crippen molar-refractivity contribution in [2.45, 2.75) is 70.5 Å². The van der Waals surface area contributed by atoms with Crippen molar-refractivity contribution in [3.63, 3.8) is 0 Å². The third-order valence-corrected chi connectivity index (χ3v) is 7.43. The highest BCUT2D eigenvalue weighted by Crippen LogP contribution is 2.52. The summed E-state index contributed by atoms with van der Waals surface area (Å²) in [5, 5.41) is 47.2. The maximum Gasteiger partial charge on any atom is 0.121 e. The molecule has 0 aromatic heterocycles. The van der Waals surface area contributed by atoms with Gasteiger partial charge < -0.3 is 30.2 Å². The number of unbranched alkanes of at least 4 members (excludes halogenated alkanes) is 2. The number of aromatic hydroxyl groups is 2. The Morgan fingerprint density at radius 3 is 1.68 bits per heavy atom. The molecule has 1 saturated carbocycles. The minimum atomic E-state index is -0.952. The van der Waals surface area contributed by atoms with Crippen LogP contribution in [0.4, 0.5) is 11.4 Å². The fourth-order valence-corrected chi connectivity index (χ4v) is 5.21. The largest absolute Gasteiger partial charge is 0.508 e. The van der Waals surface area contributed by atoms with E-state index in [1.165, 1.54) is 0 Å². The van der Waals surface area contributed by atoms with Crippen molar-refractivity contribution in [1.29, 1.82) is 0 Å². The highest BCUT2D eigenvalue weighted by molar-refractivity contribution is 5.58. The molecule has 0 amide bonds. The summed E-state index contributed by atoms with van der Waals surface area (Å²) in [5.41, 5.74) is 11.2. The maximum atomic E-state index is 11.0. The summed E-state index contributed by atoms with van der Waals surface area (Å²) >= 11 is 0. The van der Waals surface area contributed by atoms with Gasteiger partial charge in [-0.15, -0.1) is 0 Å². The predicted molar refractivity (Wildman–Crippen MR) is 148 cm³/mol. The van der Waals surface area contributed by atoms with Crippen molar-refractivity contribution in [2.24, 2.45) is 5.11 Å². The molecule has 37 heavy (non-hydrogen) atoms. The number of benzene rings is 2. The first-order valence-corrected chi connectivity index (χ1v) is 13.4. The number of aliphatic hydroxyl groups is 2. The summed E-state index contributed by atoms with van der Waals surface area (Å²) in [6, 6.07) is 10.6. The van der Waals surface area contributed by atoms with Crippen LogP contribution in [0.5, 0.6) is 11.5 Å². The Labute approximate surface area is 219 Å². The third kappa shape index (κ3) is 6.42. The number of hydrogen-bond donors (Lipinski definition) is 4. The number of anilines is 2. The molecule has 1 fully saturated rings. The van der Waals surface area contributed by atoms with Crippen LogP contribution in [0.2, 0.25) is 0 Å². The number of phenolic OH excluding ortho intramolecular Hbond substituents is 2. The van der Waals surface area contributed by atoms with E-state index in [9.17, 15) is 20.4 Å². The van der Waals surface area contributed by atoms with E-state index in [1.54, 1.807) is 24.3 Å². The summed E-state index contributed by atoms with van der Waals surface area (Å²) in [5.74, 6) is -1.26. The number of phenols is 2. The maximum absolute atomic E-state index is 11.0. The van der Waals surface area contributed by atoms with Crippen LogP contribution in [0.25, 0.3) is 10.4 Å². The van der Waals surface area contributed by atoms with Crippen LogP contribution >= 0.6 is 0 Å². The number of hydrogen-bond acceptors (Lipinski definition) is 7. The first-order chi connectivity index (χ1) is 17.9. The zero-order chi connectivity index (χ0) is 26.9. The molecular weight excluding hydrogens is 470 g/mol. The van der Waals surface area contributed by atoms with E-state index in [0.29, 0.717) is 30.8 Å². The predicted octanol–water partition coefficient (Wildman–Crippen LogP) is 5.24. The van der Waals surface area contributed by atoms with Gasteiger partial charge in [-0.2, -0.15) is 0 Å². The van der Waals surface area contributed by atoms with E-state index in [1.807, 2.05) is 24.0 Å². The van der Waals surface area contributed by atoms with Crippen LogP contribution in [0.3, 0.4) is 0 Å². The molecule has 2 aromatic carbocycles. The SMILES string of the molecule is CCCCN(CCCC)c1ccc(C2C(O)C(c3ccc(N(CC)CCN=[N+]=[N-])cc3O)C2O)c(O)c1. The smallest absolute Gasteiger partial charge is 0.121 e. The van der Waals surface area contributed by atoms with Crippen molar-refractivity contribution in [3.05, 3.63) is 58.0 Å². The highest BCUT2D eigenvalue weighted by Gasteiger charge is 2.52. The van der Waals surface area contributed by atoms with Crippen molar-refractivity contribution in [3.8, 4) is 11.5 Å². The molecule has 4 N–H and O–H groups in total. The lowest BCUT2D eigenvalue weighted by Gasteiger charge is -2.47. The summed E-state index contributed by atoms with van der Waals surface area (Å²) < 4.78 is 0. The van der Waals surface area contributed by atoms with E-state index < -0.39 is 24.0 Å². The molecule has 0 aliphatic heterocycles. The van der Waals surface area contributed by atoms with Gasteiger partial charge in [-0.1, -0.05) is 43.9 Å². The van der Waals surface area contributed by atoms with E-state index in [-0.39, 0.29) is 11.5 Å². The van der Waals surface area contributed by atoms with Gasteiger partial charge in [0.05, 0.1) is 12.2 Å². The van der Waals surface area contributed by atoms with Crippen LogP contribution in [0.1, 0.15) is 69.4 Å². The van der Waals surface area contributed by atoms with E-state index in [4.69, 9.17) is 5.53 Å². The monoisotopic (exact) mass is 511 g/mol. The first kappa shape index (κ1) is 28.4. The molecule has 1 aliphatic carbocycles. The van der Waals surface area contributed by atoms with Crippen LogP contribution < -0.4 is 9.80 Å². The number of aliphatic hydroxyl groups excluding tert-OH is 2. The lowest BCUT2D eigenvalue weighted by Crippen LogP contribution is -2.51. The Bertz CT molecular complexity index is 1060. The minimum Gasteiger partial charge on any atom is -0.508 e. The Morgan fingerprint density at radius 1 is 0.784 bits per heavy atom. The van der Waals surface area contributed by atoms with Crippen LogP contribution in [-0.2, 0) is 0 Å². The second-order valence-corrected chi connectivity index (χ2v) is 9.75. The Balaban J connectivity index is 1.76. The van der Waals surface area contributed by atoms with Crippen molar-refractivity contribution >= 4 is 11.4 Å². The van der Waals surface area contributed by atoms with E-state index >= 15 is 0 Å². The Morgan fingerprint density at radius 2 is 1.27 bits per heavy atom. The Hall–Kier alpha value is -3.13. The van der Waals surface area contributed by atoms with Gasteiger partial charge in [-0.3, -0.25) is 0 Å². The van der Waals surface area contributed by atoms with Crippen molar-refractivity contribution in [2.75, 3.05) is 42.5 Å². The molecule has 0 saturated heterocycles. The van der Waals surface area contributed by atoms with Gasteiger partial charge in [0.15, 0.2) is 0 Å². The number of azide groups is 1. The van der Waals surface area contributed by atoms with Crippen molar-refractivity contribution in [1.82, 2.24) is 0 Å². The summed E-state index contributed by atoms with van der Waals surface area (Å²) in [7, 11) is 0. The molecule has 9 nitrogen and oxygen atoms in total. The normalized spacial score (nSPS) is 20.7. The molecule has 2 atom stereocenters. The third-order valence-electron chi connectivity index (χ3n) is 7.43. The first-order valence-electron chi connectivity index (χ1n) is 13.4. The second kappa shape index (κ2) is 13.4. The number of rotatable bonds is 14. The van der Waals surface area contributed by atoms with Gasteiger partial charge in [-0.25, -0.2) is 0 Å². The quantitative estimate of drug-likeness (QED) is 0.155. The molecule has 2 unspecified atom stereocenters. The molecule has 9 heteroatoms. The average Bonchev–Trinajstić information content (AvgIpc) is 2.89. The molecule has 3 rings (SSSR count). The van der Waals surface area contributed by atoms with Gasteiger partial charge in [-0.05, 0) is 37.4 Å². The molecule has 0 bridgehead atoms. The van der Waals surface area contributed by atoms with Gasteiger partial charge in [0.2, 0.25) is 0 Å². The zero-order valence-electron chi connectivity index (χ0n) is 22.2. The standard InChI is InChI=1S/C28H41N5O4/c1-4-7-14-33(15-8-5-2)20-10-12-22(24(35)18-20)26-27(36)25(28(26)37)21-11-9-19(17-23(21)34)32(6-3)16-13-30-31-29/h9-12,17-18,25-28,34-37H,4-8,13-16H2,1-3H3. The van der Waals surface area contributed by atoms with Crippen LogP contribution in [0.15, 0.2) is 41.5 Å². The van der Waals surface area contributed by atoms with Crippen LogP contribution in [-0.4, -0.2) is 65.4 Å². The molecule has 0 spiro atoms. The molecule has 0 radical (unpaired) electrons. The molecule has 202 valence electrons. The highest BCUT2D eigenvalue weighted by atomic mass is 16.3. The topological polar surface area (TPSA) is 136 Å². The molecular formula is C28H41N5O4. The lowest BCUT2D eigenvalue weighted by atomic mass is 9.63. The number of nitrogens with zero attached hydrogens (tertiary/aromatic N) is 5. The zero-order valence-corrected chi connectivity index (χ0v) is 22.2. The van der Waals surface area contributed by atoms with Crippen LogP contribution in [0, 0.1) is 0 Å². The van der Waals surface area contributed by atoms with Gasteiger partial charge >= 0.3 is 0 Å². The summed E-state index contributed by atoms with van der Waals surface area (Å²) in [6.45, 7) is 9.61. The number of likely N-dealkylation sites (N-methyl/N-ethyl adjacent to an activating group) is 1. The fraction of sp³-hybridized carbons (Fsp3) is 0.571. The van der Waals surface area contributed by atoms with Gasteiger partial charge in [0, 0.05) is 84.1 Å². The molecule has 1 aliphatic rings. The van der Waals surface area contributed by atoms with Crippen molar-refractivity contribution < 1.29 is 20.4 Å². The molecule has 0 heterocycles. The Kier molecular flexibility index (Phi) is 10.3. The van der Waals surface area contributed by atoms with Gasteiger partial charge in [0.1, 0.15) is 11.5 Å². The second-order valence-electron chi connectivity index (χ2n) is 9.75. The molecule has 2 aromatic rings. The van der Waals surface area contributed by atoms with Gasteiger partial charge in [0.25, 0.3) is 0 Å².